The van der Waals surface area contributed by atoms with Crippen LogP contribution in [-0.2, 0) is 0 Å². The van der Waals surface area contributed by atoms with E-state index in [0.717, 1.165) is 17.0 Å². The zero-order valence-corrected chi connectivity index (χ0v) is 16.5. The van der Waals surface area contributed by atoms with E-state index < -0.39 is 0 Å². The van der Waals surface area contributed by atoms with E-state index in [4.69, 9.17) is 16.0 Å². The molecule has 0 bridgehead atoms. The van der Waals surface area contributed by atoms with Crippen molar-refractivity contribution in [2.24, 2.45) is 5.92 Å². The van der Waals surface area contributed by atoms with Gasteiger partial charge in [0.15, 0.2) is 0 Å². The molecule has 3 nitrogen and oxygen atoms in total. The van der Waals surface area contributed by atoms with E-state index >= 15 is 0 Å². The molecule has 2 aromatic carbocycles. The first kappa shape index (κ1) is 18.2. The van der Waals surface area contributed by atoms with Crippen LogP contribution in [0.2, 0.25) is 5.02 Å². The third-order valence-electron chi connectivity index (χ3n) is 5.70. The summed E-state index contributed by atoms with van der Waals surface area (Å²) < 4.78 is 5.86. The van der Waals surface area contributed by atoms with Crippen LogP contribution in [0.25, 0.3) is 22.9 Å². The van der Waals surface area contributed by atoms with Gasteiger partial charge >= 0.3 is 0 Å². The van der Waals surface area contributed by atoms with E-state index in [9.17, 15) is 0 Å². The van der Waals surface area contributed by atoms with Crippen LogP contribution in [-0.4, -0.2) is 10.2 Å². The van der Waals surface area contributed by atoms with Crippen molar-refractivity contribution in [3.05, 3.63) is 59.1 Å². The van der Waals surface area contributed by atoms with E-state index in [-0.39, 0.29) is 0 Å². The van der Waals surface area contributed by atoms with Gasteiger partial charge in [0.25, 0.3) is 0 Å². The van der Waals surface area contributed by atoms with Gasteiger partial charge in [0.05, 0.1) is 10.6 Å². The highest BCUT2D eigenvalue weighted by Gasteiger charge is 2.22. The highest BCUT2D eigenvalue weighted by Crippen LogP contribution is 2.38. The van der Waals surface area contributed by atoms with Crippen LogP contribution in [0, 0.1) is 5.92 Å². The van der Waals surface area contributed by atoms with Crippen LogP contribution >= 0.6 is 11.6 Å². The second kappa shape index (κ2) is 8.26. The molecule has 0 spiro atoms. The fourth-order valence-corrected chi connectivity index (χ4v) is 4.39. The van der Waals surface area contributed by atoms with Crippen molar-refractivity contribution in [1.29, 1.82) is 0 Å². The minimum Gasteiger partial charge on any atom is -0.416 e. The molecule has 0 saturated heterocycles. The van der Waals surface area contributed by atoms with E-state index in [1.165, 1.54) is 44.1 Å². The summed E-state index contributed by atoms with van der Waals surface area (Å²) in [6.07, 6.45) is 8.04. The van der Waals surface area contributed by atoms with Gasteiger partial charge in [-0.2, -0.15) is 0 Å². The molecule has 3 aromatic rings. The van der Waals surface area contributed by atoms with E-state index in [1.807, 2.05) is 24.3 Å². The molecular formula is C23H25ClN2O. The van der Waals surface area contributed by atoms with E-state index in [0.29, 0.717) is 22.7 Å². The molecule has 27 heavy (non-hydrogen) atoms. The number of rotatable bonds is 5. The van der Waals surface area contributed by atoms with Gasteiger partial charge in [-0.25, -0.2) is 0 Å². The fourth-order valence-electron chi connectivity index (χ4n) is 4.17. The first-order chi connectivity index (χ1) is 13.2. The average molecular weight is 381 g/mol. The Labute approximate surface area is 165 Å². The summed E-state index contributed by atoms with van der Waals surface area (Å²) in [5.41, 5.74) is 3.14. The number of halogens is 1. The van der Waals surface area contributed by atoms with Crippen molar-refractivity contribution in [3.63, 3.8) is 0 Å². The Morgan fingerprint density at radius 3 is 2.33 bits per heavy atom. The Kier molecular flexibility index (Phi) is 5.58. The summed E-state index contributed by atoms with van der Waals surface area (Å²) in [6.45, 7) is 2.29. The molecule has 1 heterocycles. The van der Waals surface area contributed by atoms with Gasteiger partial charge in [0.1, 0.15) is 0 Å². The molecule has 1 saturated carbocycles. The summed E-state index contributed by atoms with van der Waals surface area (Å²) in [6, 6.07) is 16.1. The summed E-state index contributed by atoms with van der Waals surface area (Å²) in [4.78, 5) is 0. The zero-order valence-electron chi connectivity index (χ0n) is 15.7. The summed E-state index contributed by atoms with van der Waals surface area (Å²) >= 11 is 6.22. The van der Waals surface area contributed by atoms with Crippen molar-refractivity contribution in [1.82, 2.24) is 10.2 Å². The molecule has 0 amide bonds. The molecule has 0 unspecified atom stereocenters. The monoisotopic (exact) mass is 380 g/mol. The number of hydrogen-bond acceptors (Lipinski definition) is 3. The average Bonchev–Trinajstić information content (AvgIpc) is 3.19. The lowest BCUT2D eigenvalue weighted by Gasteiger charge is -2.28. The lowest BCUT2D eigenvalue weighted by Crippen LogP contribution is -2.13. The van der Waals surface area contributed by atoms with Crippen molar-refractivity contribution >= 4 is 11.6 Å². The van der Waals surface area contributed by atoms with Crippen LogP contribution < -0.4 is 0 Å². The van der Waals surface area contributed by atoms with Gasteiger partial charge in [-0.3, -0.25) is 0 Å². The van der Waals surface area contributed by atoms with Crippen LogP contribution in [0.4, 0.5) is 0 Å². The molecule has 0 radical (unpaired) electrons. The molecule has 4 heteroatoms. The first-order valence-corrected chi connectivity index (χ1v) is 10.3. The number of benzene rings is 2. The molecule has 1 fully saturated rings. The highest BCUT2D eigenvalue weighted by atomic mass is 35.5. The quantitative estimate of drug-likeness (QED) is 0.472. The first-order valence-electron chi connectivity index (χ1n) is 9.93. The molecule has 1 aliphatic rings. The van der Waals surface area contributed by atoms with Gasteiger partial charge < -0.3 is 4.42 Å². The van der Waals surface area contributed by atoms with Crippen molar-refractivity contribution in [2.45, 2.75) is 51.4 Å². The Hall–Kier alpha value is -2.13. The van der Waals surface area contributed by atoms with Crippen LogP contribution in [0.1, 0.15) is 56.9 Å². The number of nitrogens with zero attached hydrogens (tertiary/aromatic N) is 2. The van der Waals surface area contributed by atoms with Gasteiger partial charge in [-0.1, -0.05) is 55.6 Å². The Balaban J connectivity index is 1.46. The smallest absolute Gasteiger partial charge is 0.249 e. The molecule has 140 valence electrons. The second-order valence-electron chi connectivity index (χ2n) is 7.52. The number of hydrogen-bond donors (Lipinski definition) is 0. The third-order valence-corrected chi connectivity index (χ3v) is 6.03. The highest BCUT2D eigenvalue weighted by molar-refractivity contribution is 6.33. The Bertz CT molecular complexity index is 879. The van der Waals surface area contributed by atoms with Crippen LogP contribution in [0.3, 0.4) is 0 Å². The lowest BCUT2D eigenvalue weighted by molar-refractivity contribution is 0.308. The molecule has 0 atom stereocenters. The van der Waals surface area contributed by atoms with Crippen molar-refractivity contribution in [3.8, 4) is 22.9 Å². The minimum atomic E-state index is 0.453. The maximum absolute atomic E-state index is 6.22. The van der Waals surface area contributed by atoms with Gasteiger partial charge in [0, 0.05) is 5.56 Å². The second-order valence-corrected chi connectivity index (χ2v) is 7.93. The number of aromatic nitrogens is 2. The zero-order chi connectivity index (χ0) is 18.6. The molecule has 0 aliphatic heterocycles. The summed E-state index contributed by atoms with van der Waals surface area (Å²) in [5, 5.41) is 8.97. The van der Waals surface area contributed by atoms with Crippen molar-refractivity contribution < 1.29 is 4.42 Å². The van der Waals surface area contributed by atoms with Gasteiger partial charge in [-0.15, -0.1) is 10.2 Å². The Morgan fingerprint density at radius 2 is 1.63 bits per heavy atom. The van der Waals surface area contributed by atoms with E-state index in [1.54, 1.807) is 0 Å². The molecule has 1 aliphatic carbocycles. The van der Waals surface area contributed by atoms with Gasteiger partial charge in [-0.05, 0) is 67.3 Å². The van der Waals surface area contributed by atoms with Crippen LogP contribution in [0.5, 0.6) is 0 Å². The summed E-state index contributed by atoms with van der Waals surface area (Å²) in [7, 11) is 0. The molecule has 0 N–H and O–H groups in total. The summed E-state index contributed by atoms with van der Waals surface area (Å²) in [5.74, 6) is 2.61. The Morgan fingerprint density at radius 1 is 0.926 bits per heavy atom. The largest absolute Gasteiger partial charge is 0.416 e. The maximum Gasteiger partial charge on any atom is 0.249 e. The maximum atomic E-state index is 6.22. The minimum absolute atomic E-state index is 0.453. The SMILES string of the molecule is CCCC1CCC(c2ccc(-c3nnc(-c4ccccc4Cl)o3)cc2)CC1. The van der Waals surface area contributed by atoms with E-state index in [2.05, 4.69) is 41.4 Å². The van der Waals surface area contributed by atoms with Crippen molar-refractivity contribution in [2.75, 3.05) is 0 Å². The molecular weight excluding hydrogens is 356 g/mol. The molecule has 4 rings (SSSR count). The molecule has 1 aromatic heterocycles. The predicted octanol–water partition coefficient (Wildman–Crippen LogP) is 7.13. The predicted molar refractivity (Wildman–Crippen MR) is 110 cm³/mol. The fraction of sp³-hybridized carbons (Fsp3) is 0.391. The van der Waals surface area contributed by atoms with Gasteiger partial charge in [0.2, 0.25) is 11.8 Å². The standard InChI is InChI=1S/C23H25ClN2O/c1-2-5-16-8-10-17(11-9-16)18-12-14-19(15-13-18)22-25-26-23(27-22)20-6-3-4-7-21(20)24/h3-4,6-7,12-17H,2,5,8-11H2,1H3. The normalized spacial score (nSPS) is 19.9. The van der Waals surface area contributed by atoms with Crippen LogP contribution in [0.15, 0.2) is 52.9 Å². The topological polar surface area (TPSA) is 38.9 Å². The third kappa shape index (κ3) is 4.08. The lowest BCUT2D eigenvalue weighted by atomic mass is 9.77.